The zero-order chi connectivity index (χ0) is 40.1. The van der Waals surface area contributed by atoms with Gasteiger partial charge in [0.1, 0.15) is 72.7 Å². The Balaban J connectivity index is 4.48. The Kier molecular flexibility index (Phi) is 23.2. The lowest BCUT2D eigenvalue weighted by Crippen LogP contribution is -2.32. The molecule has 0 heterocycles. The highest BCUT2D eigenvalue weighted by Crippen LogP contribution is 2.33. The van der Waals surface area contributed by atoms with Crippen molar-refractivity contribution in [1.82, 2.24) is 0 Å². The monoisotopic (exact) mass is 764 g/mol. The summed E-state index contributed by atoms with van der Waals surface area (Å²) in [6.07, 6.45) is 5.26. The first-order chi connectivity index (χ1) is 26.2. The zero-order valence-corrected chi connectivity index (χ0v) is 30.0. The van der Waals surface area contributed by atoms with Crippen molar-refractivity contribution in [2.75, 3.05) is 85.9 Å². The predicted molar refractivity (Wildman–Crippen MR) is 185 cm³/mol. The molecule has 0 N–H and O–H groups in total. The van der Waals surface area contributed by atoms with E-state index in [-0.39, 0.29) is 46.2 Å². The third-order valence-electron chi connectivity index (χ3n) is 6.15. The quantitative estimate of drug-likeness (QED) is 0.0475. The van der Waals surface area contributed by atoms with E-state index in [4.69, 9.17) is 56.8 Å². The molecule has 0 saturated heterocycles. The van der Waals surface area contributed by atoms with Gasteiger partial charge in [-0.1, -0.05) is 32.9 Å². The lowest BCUT2D eigenvalue weighted by Gasteiger charge is -2.22. The third kappa shape index (κ3) is 15.1. The first kappa shape index (κ1) is 45.7. The van der Waals surface area contributed by atoms with E-state index in [1.807, 2.05) is 0 Å². The van der Waals surface area contributed by atoms with Gasteiger partial charge >= 0.3 is 35.8 Å². The highest BCUT2D eigenvalue weighted by atomic mass is 16.6. The first-order valence-corrected chi connectivity index (χ1v) is 16.1. The fourth-order valence-electron chi connectivity index (χ4n) is 4.07. The van der Waals surface area contributed by atoms with Crippen molar-refractivity contribution < 1.29 is 85.6 Å². The van der Waals surface area contributed by atoms with E-state index in [1.165, 1.54) is 0 Å². The van der Waals surface area contributed by atoms with Crippen LogP contribution in [0.5, 0.6) is 0 Å². The molecule has 0 aromatic heterocycles. The van der Waals surface area contributed by atoms with E-state index in [9.17, 15) is 28.8 Å². The smallest absolute Gasteiger partial charge is 0.340 e. The lowest BCUT2D eigenvalue weighted by molar-refractivity contribution is 0.0288. The van der Waals surface area contributed by atoms with E-state index >= 15 is 0 Å². The van der Waals surface area contributed by atoms with Gasteiger partial charge in [-0.2, -0.15) is 0 Å². The summed E-state index contributed by atoms with van der Waals surface area (Å²) in [5.74, 6) is -8.82. The molecule has 1 aromatic rings. The van der Waals surface area contributed by atoms with E-state index in [2.05, 4.69) is 32.9 Å². The predicted octanol–water partition coefficient (Wildman–Crippen LogP) is 3.46. The minimum atomic E-state index is -1.48. The summed E-state index contributed by atoms with van der Waals surface area (Å²) < 4.78 is 61.9. The molecule has 0 saturated carbocycles. The molecule has 0 spiro atoms. The van der Waals surface area contributed by atoms with Crippen molar-refractivity contribution in [3.05, 3.63) is 97.6 Å². The Morgan fingerprint density at radius 1 is 0.352 bits per heavy atom. The summed E-state index contributed by atoms with van der Waals surface area (Å²) in [6, 6.07) is 0. The van der Waals surface area contributed by atoms with Gasteiger partial charge in [-0.15, -0.1) is 0 Å². The van der Waals surface area contributed by atoms with Crippen molar-refractivity contribution >= 4 is 35.8 Å². The second kappa shape index (κ2) is 27.4. The molecular weight excluding hydrogens is 720 g/mol. The molecule has 0 bridgehead atoms. The molecule has 296 valence electrons. The normalized spacial score (nSPS) is 9.94. The van der Waals surface area contributed by atoms with E-state index in [1.54, 1.807) is 6.92 Å². The minimum absolute atomic E-state index is 0.146. The van der Waals surface area contributed by atoms with Gasteiger partial charge in [0, 0.05) is 6.61 Å². The fraction of sp³-hybridized carbons (Fsp3) is 0.389. The molecule has 0 aliphatic carbocycles. The van der Waals surface area contributed by atoms with Crippen LogP contribution >= 0.6 is 0 Å². The molecule has 0 unspecified atom stereocenters. The molecule has 18 nitrogen and oxygen atoms in total. The number of esters is 6. The zero-order valence-electron chi connectivity index (χ0n) is 30.0. The maximum Gasteiger partial charge on any atom is 0.340 e. The molecule has 1 rings (SSSR count). The van der Waals surface area contributed by atoms with Crippen LogP contribution < -0.4 is 0 Å². The third-order valence-corrected chi connectivity index (χ3v) is 6.15. The van der Waals surface area contributed by atoms with Crippen molar-refractivity contribution in [2.24, 2.45) is 0 Å². The summed E-state index contributed by atoms with van der Waals surface area (Å²) in [7, 11) is 0. The Hall–Kier alpha value is -6.30. The van der Waals surface area contributed by atoms with Crippen LogP contribution in [0.1, 0.15) is 69.1 Å². The number of carbonyl (C=O) groups is 6. The van der Waals surface area contributed by atoms with Gasteiger partial charge in [0.2, 0.25) is 0 Å². The summed E-state index contributed by atoms with van der Waals surface area (Å²) >= 11 is 0. The highest BCUT2D eigenvalue weighted by molar-refractivity contribution is 6.24. The molecular formula is C36H44O18. The molecule has 54 heavy (non-hydrogen) atoms. The van der Waals surface area contributed by atoms with Crippen molar-refractivity contribution in [3.63, 3.8) is 0 Å². The van der Waals surface area contributed by atoms with Crippen molar-refractivity contribution in [3.8, 4) is 0 Å². The van der Waals surface area contributed by atoms with Gasteiger partial charge < -0.3 is 56.8 Å². The summed E-state index contributed by atoms with van der Waals surface area (Å²) in [5.41, 5.74) is -6.26. The van der Waals surface area contributed by atoms with Gasteiger partial charge in [0.25, 0.3) is 0 Å². The Morgan fingerprint density at radius 3 is 0.704 bits per heavy atom. The molecule has 1 aromatic carbocycles. The largest absolute Gasteiger partial charge is 0.498 e. The van der Waals surface area contributed by atoms with Crippen LogP contribution in [0.3, 0.4) is 0 Å². The fourth-order valence-corrected chi connectivity index (χ4v) is 4.07. The maximum absolute atomic E-state index is 14.0. The Labute approximate surface area is 311 Å². The van der Waals surface area contributed by atoms with Gasteiger partial charge in [-0.25, -0.2) is 28.8 Å². The van der Waals surface area contributed by atoms with Gasteiger partial charge in [-0.3, -0.25) is 0 Å². The van der Waals surface area contributed by atoms with Crippen LogP contribution in [0.2, 0.25) is 0 Å². The number of benzene rings is 1. The lowest BCUT2D eigenvalue weighted by atomic mass is 9.85. The summed E-state index contributed by atoms with van der Waals surface area (Å²) in [5, 5.41) is 0. The van der Waals surface area contributed by atoms with Gasteiger partial charge in [0.15, 0.2) is 0 Å². The van der Waals surface area contributed by atoms with Crippen LogP contribution in [-0.4, -0.2) is 122 Å². The average molecular weight is 765 g/mol. The van der Waals surface area contributed by atoms with E-state index in [0.717, 1.165) is 31.3 Å². The minimum Gasteiger partial charge on any atom is -0.498 e. The van der Waals surface area contributed by atoms with Crippen LogP contribution in [0.4, 0.5) is 0 Å². The number of hydrogen-bond donors (Lipinski definition) is 0. The van der Waals surface area contributed by atoms with Crippen molar-refractivity contribution in [1.29, 1.82) is 0 Å². The Bertz CT molecular complexity index is 1400. The molecule has 0 aliphatic rings. The topological polar surface area (TPSA) is 213 Å². The van der Waals surface area contributed by atoms with Crippen LogP contribution in [-0.2, 0) is 56.8 Å². The van der Waals surface area contributed by atoms with Crippen molar-refractivity contribution in [2.45, 2.75) is 6.92 Å². The maximum atomic E-state index is 14.0. The van der Waals surface area contributed by atoms with Crippen LogP contribution in [0.15, 0.2) is 64.2 Å². The molecule has 0 atom stereocenters. The average Bonchev–Trinajstić information content (AvgIpc) is 3.17. The first-order valence-electron chi connectivity index (χ1n) is 16.1. The van der Waals surface area contributed by atoms with Crippen LogP contribution in [0.25, 0.3) is 0 Å². The van der Waals surface area contributed by atoms with Crippen LogP contribution in [0, 0.1) is 0 Å². The molecule has 18 heteroatoms. The molecule has 0 aliphatic heterocycles. The number of carbonyl (C=O) groups excluding carboxylic acids is 6. The SMILES string of the molecule is C=COCCOC(=O)c1c(C(=O)OCCOC=C)c(C(=O)OCCOC=C)c(C(=O)OCCOCC)c(C(=O)OCCOC=C)c1C(=O)OCCOC=C. The molecule has 0 amide bonds. The second-order valence-electron chi connectivity index (χ2n) is 9.45. The van der Waals surface area contributed by atoms with Gasteiger partial charge in [-0.05, 0) is 6.92 Å². The molecule has 0 radical (unpaired) electrons. The number of ether oxygens (including phenoxy) is 12. The van der Waals surface area contributed by atoms with Gasteiger partial charge in [0.05, 0.1) is 71.3 Å². The molecule has 0 fully saturated rings. The number of rotatable bonds is 30. The summed E-state index contributed by atoms with van der Waals surface area (Å²) in [4.78, 5) is 84.0. The van der Waals surface area contributed by atoms with E-state index in [0.29, 0.717) is 0 Å². The second-order valence-corrected chi connectivity index (χ2v) is 9.45. The standard InChI is InChI=1S/C36H44O18/c1-7-43-13-19-49-31(37)25-26(32(38)50-20-14-44-8-2)28(34(40)52-22-16-46-10-4)30(36(42)54-24-18-48-12-6)29(35(41)53-23-17-47-11-5)27(25)33(39)51-21-15-45-9-3/h7-11H,1-5,12-24H2,6H3. The Morgan fingerprint density at radius 2 is 0.537 bits per heavy atom. The summed E-state index contributed by atoms with van der Waals surface area (Å²) in [6.45, 7) is 14.4. The number of hydrogen-bond acceptors (Lipinski definition) is 18. The highest BCUT2D eigenvalue weighted by Gasteiger charge is 2.43. The van der Waals surface area contributed by atoms with E-state index < -0.39 is 109 Å².